The van der Waals surface area contributed by atoms with E-state index in [0.29, 0.717) is 59.2 Å². The topological polar surface area (TPSA) is 0 Å². The Bertz CT molecular complexity index is 2400. The Morgan fingerprint density at radius 2 is 0.549 bits per heavy atom. The van der Waals surface area contributed by atoms with E-state index in [0.717, 1.165) is 17.8 Å². The molecular weight excluding hydrogens is 1650 g/mol. The van der Waals surface area contributed by atoms with E-state index < -0.39 is 125 Å². The van der Waals surface area contributed by atoms with Crippen LogP contribution in [-0.4, -0.2) is 55.6 Å². The molecule has 0 bridgehead atoms. The van der Waals surface area contributed by atoms with Crippen LogP contribution in [0.2, 0.25) is 0 Å². The van der Waals surface area contributed by atoms with Gasteiger partial charge in [0.2, 0.25) is 0 Å². The molecule has 0 aromatic heterocycles. The minimum absolute atomic E-state index is 0.0362. The van der Waals surface area contributed by atoms with Gasteiger partial charge in [0.15, 0.2) is 0 Å². The largest absolute Gasteiger partial charge is 0.394 e. The van der Waals surface area contributed by atoms with Crippen molar-refractivity contribution < 1.29 is 119 Å². The third-order valence-corrected chi connectivity index (χ3v) is 27.5. The minimum Gasteiger partial charge on any atom is -0.171 e. The number of hydrogen-bond donors (Lipinski definition) is 0. The zero-order valence-corrected chi connectivity index (χ0v) is 86.5. The van der Waals surface area contributed by atoms with Gasteiger partial charge in [0.1, 0.15) is 0 Å². The van der Waals surface area contributed by atoms with Gasteiger partial charge in [0.05, 0.1) is 39.9 Å². The first kappa shape index (κ1) is 146. The fourth-order valence-corrected chi connectivity index (χ4v) is 8.31. The maximum atomic E-state index is 12.3. The van der Waals surface area contributed by atoms with Gasteiger partial charge in [0, 0.05) is 12.8 Å². The molecule has 0 aliphatic rings. The van der Waals surface area contributed by atoms with Gasteiger partial charge < -0.3 is 0 Å². The van der Waals surface area contributed by atoms with Crippen molar-refractivity contribution in [1.29, 1.82) is 0 Å². The normalized spacial score (nSPS) is 15.7. The molecule has 122 heavy (non-hydrogen) atoms. The van der Waals surface area contributed by atoms with Crippen LogP contribution in [0.3, 0.4) is 0 Å². The Morgan fingerprint density at radius 3 is 0.598 bits per heavy atom. The SMILES string of the molecule is CC(C)(C)C(C)(C)C.CC(C)(C)C(C)(C)C(F)(F)F.CC(C)C(C)(C)C(C)(C)C.CC(C)C(C)(C)C(C)C(F)(F)F.CC(C)C(C)(C)C(F)(F)F.CC(C)[C@@H](C)C(C)(C)C.CC(C)[C@@H](C)C(C)C(F)(F)F.CC(C)[C@@H](C)C(C)C(F)(F)F.CCC(C)(C)CC(F)(F)F.CCC(C)[C@@H](C)C(F)(F)F.CCC(CC)CC(F)(F)F.CCCC(C)(C)C(F)(F)F. The summed E-state index contributed by atoms with van der Waals surface area (Å²) in [5.74, 6) is -3.60. The van der Waals surface area contributed by atoms with Crippen LogP contribution in [-0.2, 0) is 0 Å². The second-order valence-corrected chi connectivity index (χ2v) is 44.5. The molecule has 0 rings (SSSR count). The van der Waals surface area contributed by atoms with E-state index >= 15 is 0 Å². The monoisotopic (exact) mass is 1840 g/mol. The Hall–Kier alpha value is -1.89. The van der Waals surface area contributed by atoms with Crippen molar-refractivity contribution in [2.45, 2.75) is 467 Å². The van der Waals surface area contributed by atoms with Gasteiger partial charge in [-0.2, -0.15) is 119 Å². The molecule has 756 valence electrons. The summed E-state index contributed by atoms with van der Waals surface area (Å²) in [5.41, 5.74) is -4.52. The van der Waals surface area contributed by atoms with Gasteiger partial charge in [-0.05, 0) is 115 Å². The molecule has 0 radical (unpaired) electrons. The summed E-state index contributed by atoms with van der Waals surface area (Å²) in [7, 11) is 0. The van der Waals surface area contributed by atoms with Crippen LogP contribution >= 0.6 is 0 Å². The molecule has 0 aliphatic carbocycles. The lowest BCUT2D eigenvalue weighted by Crippen LogP contribution is -2.43. The lowest BCUT2D eigenvalue weighted by molar-refractivity contribution is -0.243. The predicted molar refractivity (Wildman–Crippen MR) is 466 cm³/mol. The predicted octanol–water partition coefficient (Wildman–Crippen LogP) is 41.1. The van der Waals surface area contributed by atoms with Gasteiger partial charge in [0.25, 0.3) is 0 Å². The summed E-state index contributed by atoms with van der Waals surface area (Å²) in [6.07, 6.45) is -34.6. The van der Waals surface area contributed by atoms with Crippen LogP contribution in [0, 0.1) is 148 Å². The molecule has 0 N–H and O–H groups in total. The van der Waals surface area contributed by atoms with Gasteiger partial charge in [-0.1, -0.05) is 392 Å². The highest BCUT2D eigenvalue weighted by atomic mass is 19.4. The number of hydrogen-bond acceptors (Lipinski definition) is 0. The van der Waals surface area contributed by atoms with Crippen molar-refractivity contribution >= 4 is 0 Å². The summed E-state index contributed by atoms with van der Waals surface area (Å²) in [6, 6.07) is 0. The molecule has 0 amide bonds. The molecule has 0 saturated heterocycles. The highest BCUT2D eigenvalue weighted by molar-refractivity contribution is 4.89. The molecule has 0 spiro atoms. The highest BCUT2D eigenvalue weighted by Gasteiger charge is 2.55. The summed E-state index contributed by atoms with van der Waals surface area (Å²) >= 11 is 0. The first-order valence-corrected chi connectivity index (χ1v) is 43.7. The van der Waals surface area contributed by atoms with E-state index in [-0.39, 0.29) is 53.8 Å². The van der Waals surface area contributed by atoms with E-state index in [1.165, 1.54) is 69.2 Å². The zero-order chi connectivity index (χ0) is 103. The molecule has 0 nitrogen and oxygen atoms in total. The second kappa shape index (κ2) is 56.8. The van der Waals surface area contributed by atoms with E-state index in [1.807, 2.05) is 41.5 Å². The van der Waals surface area contributed by atoms with E-state index in [4.69, 9.17) is 0 Å². The van der Waals surface area contributed by atoms with Crippen LogP contribution in [0.5, 0.6) is 0 Å². The van der Waals surface area contributed by atoms with Crippen LogP contribution in [0.4, 0.5) is 119 Å². The average molecular weight is 1840 g/mol. The van der Waals surface area contributed by atoms with Crippen LogP contribution in [0.15, 0.2) is 0 Å². The fourth-order valence-electron chi connectivity index (χ4n) is 8.31. The lowest BCUT2D eigenvalue weighted by atomic mass is 9.63. The van der Waals surface area contributed by atoms with E-state index in [2.05, 4.69) is 132 Å². The van der Waals surface area contributed by atoms with Gasteiger partial charge in [-0.3, -0.25) is 0 Å². The summed E-state index contributed by atoms with van der Waals surface area (Å²) in [6.45, 7) is 95.2. The molecule has 0 aromatic rings. The van der Waals surface area contributed by atoms with Crippen LogP contribution < -0.4 is 0 Å². The molecule has 0 saturated carbocycles. The van der Waals surface area contributed by atoms with Crippen LogP contribution in [0.25, 0.3) is 0 Å². The Morgan fingerprint density at radius 1 is 0.262 bits per heavy atom. The average Bonchev–Trinajstić information content (AvgIpc) is 0.806. The maximum absolute atomic E-state index is 12.3. The summed E-state index contributed by atoms with van der Waals surface area (Å²) in [4.78, 5) is 0. The third kappa shape index (κ3) is 68.2. The molecule has 0 fully saturated rings. The number of halogens is 27. The molecule has 27 heteroatoms. The molecule has 8 atom stereocenters. The Balaban J connectivity index is -0.000000108. The Labute approximate surface area is 731 Å². The smallest absolute Gasteiger partial charge is 0.171 e. The van der Waals surface area contributed by atoms with Crippen molar-refractivity contribution in [3.8, 4) is 0 Å². The molecule has 0 heterocycles. The first-order chi connectivity index (χ1) is 52.1. The standard InChI is InChI=1S/C10H22.C9H17F3.C9H20.3C8H15F3.C8H18.5C7H13F3/c1-8(2)10(6,7)9(3,4)5;1-6(2)8(4,5)7(3)9(10,11)12;1-7(2)8(3)9(4,5)6;1-6(2,3)7(4,5)8(9,10)11;2*1-5(2)6(3)7(4)8(9,10)11;1-7(2,3)8(4,5)6;1-5(2)6(3,4)7(8,9)10;1-4-6(2,3)5-7(8,9)10;1-4-5-6(2,3)7(8,9)10;1-4-5(2)6(3)7(8,9)10;1-3-6(4-2)5-7(8,9)10/h8H,1-7H3;6-7H,1-5H3;7-8H,1-6H3;1-5H3;2*5-7H,1-4H3;1-6H3;5H,1-4H3;2*4-5H2,1-3H3;5-6H,4H2,1-3H3;6H,3-5H2,1-2H3/t;;8-;;2*6-,7?;;;;;5?,6-;/m..1.11....1./s1. The number of rotatable bonds is 18. The van der Waals surface area contributed by atoms with Crippen molar-refractivity contribution in [2.75, 3.05) is 0 Å². The quantitative estimate of drug-likeness (QED) is 0.120. The van der Waals surface area contributed by atoms with Crippen molar-refractivity contribution in [1.82, 2.24) is 0 Å². The van der Waals surface area contributed by atoms with E-state index in [1.54, 1.807) is 118 Å². The van der Waals surface area contributed by atoms with Gasteiger partial charge in [-0.25, -0.2) is 0 Å². The minimum atomic E-state index is -4.12. The van der Waals surface area contributed by atoms with Gasteiger partial charge >= 0.3 is 55.6 Å². The van der Waals surface area contributed by atoms with Crippen LogP contribution in [0.1, 0.15) is 411 Å². The van der Waals surface area contributed by atoms with Crippen molar-refractivity contribution in [2.24, 2.45) is 148 Å². The summed E-state index contributed by atoms with van der Waals surface area (Å²) in [5, 5.41) is 0. The first-order valence-electron chi connectivity index (χ1n) is 43.7. The number of alkyl halides is 27. The maximum Gasteiger partial charge on any atom is 0.394 e. The summed E-state index contributed by atoms with van der Waals surface area (Å²) < 4.78 is 324. The fraction of sp³-hybridized carbons (Fsp3) is 1.00. The molecule has 4 unspecified atom stereocenters. The molecule has 0 aliphatic heterocycles. The lowest BCUT2D eigenvalue weighted by Gasteiger charge is -2.42. The highest BCUT2D eigenvalue weighted by Crippen LogP contribution is 2.51. The van der Waals surface area contributed by atoms with Gasteiger partial charge in [-0.15, -0.1) is 0 Å². The molecule has 0 aromatic carbocycles. The van der Waals surface area contributed by atoms with Crippen molar-refractivity contribution in [3.05, 3.63) is 0 Å². The van der Waals surface area contributed by atoms with Crippen molar-refractivity contribution in [3.63, 3.8) is 0 Å². The molecular formula is C95H187F27. The Kier molecular flexibility index (Phi) is 67.8. The third-order valence-electron chi connectivity index (χ3n) is 27.5. The zero-order valence-electron chi connectivity index (χ0n) is 86.5. The second-order valence-electron chi connectivity index (χ2n) is 44.5. The van der Waals surface area contributed by atoms with E-state index in [9.17, 15) is 119 Å².